The molecule has 0 saturated heterocycles. The van der Waals surface area contributed by atoms with Crippen molar-refractivity contribution in [2.24, 2.45) is 0 Å². The first-order valence-corrected chi connectivity index (χ1v) is 10.1. The summed E-state index contributed by atoms with van der Waals surface area (Å²) in [6.07, 6.45) is 0.845. The number of hydrogen-bond acceptors (Lipinski definition) is 5. The fraction of sp³-hybridized carbons (Fsp3) is 0.400. The largest absolute Gasteiger partial charge is 0.466 e. The Morgan fingerprint density at radius 2 is 1.93 bits per heavy atom. The Bertz CT molecular complexity index is 942. The van der Waals surface area contributed by atoms with E-state index in [1.165, 1.54) is 11.3 Å². The quantitative estimate of drug-likeness (QED) is 0.507. The van der Waals surface area contributed by atoms with Gasteiger partial charge in [0.25, 0.3) is 5.91 Å². The standard InChI is InChI=1S/C20H24ClN3O2S.ClH/c1-12-7-8-16(21)18-17(12)22-20(27-18)24(10-6-9-23(4)5)19(25)15-11-13(2)26-14(15)3;/h7-8,11H,6,9-10H2,1-5H3;1H. The van der Waals surface area contributed by atoms with Gasteiger partial charge in [-0.2, -0.15) is 0 Å². The molecule has 1 amide bonds. The van der Waals surface area contributed by atoms with Gasteiger partial charge >= 0.3 is 0 Å². The topological polar surface area (TPSA) is 49.6 Å². The number of halogens is 2. The summed E-state index contributed by atoms with van der Waals surface area (Å²) >= 11 is 7.82. The number of carbonyl (C=O) groups excluding carboxylic acids is 1. The molecule has 0 unspecified atom stereocenters. The van der Waals surface area contributed by atoms with Gasteiger partial charge in [0, 0.05) is 6.54 Å². The minimum atomic E-state index is -0.0871. The smallest absolute Gasteiger partial charge is 0.263 e. The first-order chi connectivity index (χ1) is 12.8. The molecule has 1 aromatic carbocycles. The number of anilines is 1. The number of fused-ring (bicyclic) bond motifs is 1. The van der Waals surface area contributed by atoms with Gasteiger partial charge in [-0.05, 0) is 65.5 Å². The van der Waals surface area contributed by atoms with E-state index in [4.69, 9.17) is 21.0 Å². The molecule has 2 aromatic heterocycles. The number of rotatable bonds is 6. The Balaban J connectivity index is 0.00000280. The predicted octanol–water partition coefficient (Wildman–Crippen LogP) is 5.49. The molecular formula is C20H25Cl2N3O2S. The summed E-state index contributed by atoms with van der Waals surface area (Å²) in [6, 6.07) is 5.63. The Labute approximate surface area is 180 Å². The molecule has 0 N–H and O–H groups in total. The summed E-state index contributed by atoms with van der Waals surface area (Å²) in [5, 5.41) is 1.33. The van der Waals surface area contributed by atoms with Crippen molar-refractivity contribution >= 4 is 56.6 Å². The van der Waals surface area contributed by atoms with Crippen molar-refractivity contribution < 1.29 is 9.21 Å². The van der Waals surface area contributed by atoms with Crippen molar-refractivity contribution in [3.8, 4) is 0 Å². The highest BCUT2D eigenvalue weighted by Gasteiger charge is 2.25. The van der Waals surface area contributed by atoms with Crippen LogP contribution in [0.25, 0.3) is 10.2 Å². The Hall–Kier alpha value is -1.60. The highest BCUT2D eigenvalue weighted by molar-refractivity contribution is 7.23. The van der Waals surface area contributed by atoms with Gasteiger partial charge in [0.1, 0.15) is 11.5 Å². The molecule has 152 valence electrons. The van der Waals surface area contributed by atoms with E-state index in [9.17, 15) is 4.79 Å². The highest BCUT2D eigenvalue weighted by atomic mass is 35.5. The second kappa shape index (κ2) is 9.27. The molecule has 0 atom stereocenters. The van der Waals surface area contributed by atoms with Crippen LogP contribution in [-0.2, 0) is 0 Å². The maximum absolute atomic E-state index is 13.3. The summed E-state index contributed by atoms with van der Waals surface area (Å²) in [5.41, 5.74) is 2.49. The van der Waals surface area contributed by atoms with Crippen LogP contribution in [0.4, 0.5) is 5.13 Å². The zero-order valence-electron chi connectivity index (χ0n) is 16.7. The molecule has 0 spiro atoms. The van der Waals surface area contributed by atoms with Crippen LogP contribution < -0.4 is 4.90 Å². The zero-order valence-corrected chi connectivity index (χ0v) is 19.1. The van der Waals surface area contributed by atoms with Crippen LogP contribution in [0.3, 0.4) is 0 Å². The summed E-state index contributed by atoms with van der Waals surface area (Å²) in [4.78, 5) is 21.9. The lowest BCUT2D eigenvalue weighted by Gasteiger charge is -2.20. The number of furan rings is 1. The van der Waals surface area contributed by atoms with E-state index < -0.39 is 0 Å². The summed E-state index contributed by atoms with van der Waals surface area (Å²) in [7, 11) is 4.05. The van der Waals surface area contributed by atoms with Crippen molar-refractivity contribution in [2.45, 2.75) is 27.2 Å². The number of thiazole rings is 1. The Kier molecular flexibility index (Phi) is 7.51. The first-order valence-electron chi connectivity index (χ1n) is 8.87. The maximum atomic E-state index is 13.3. The molecule has 0 aliphatic rings. The van der Waals surface area contributed by atoms with Crippen LogP contribution in [0.15, 0.2) is 22.6 Å². The summed E-state index contributed by atoms with van der Waals surface area (Å²) < 4.78 is 6.48. The molecule has 8 heteroatoms. The van der Waals surface area contributed by atoms with Crippen molar-refractivity contribution in [3.05, 3.63) is 45.9 Å². The van der Waals surface area contributed by atoms with Gasteiger partial charge < -0.3 is 9.32 Å². The number of aromatic nitrogens is 1. The Morgan fingerprint density at radius 3 is 2.50 bits per heavy atom. The first kappa shape index (κ1) is 22.7. The minimum Gasteiger partial charge on any atom is -0.466 e. The number of amides is 1. The average molecular weight is 442 g/mol. The molecule has 0 radical (unpaired) electrons. The van der Waals surface area contributed by atoms with Crippen LogP contribution in [0, 0.1) is 20.8 Å². The van der Waals surface area contributed by atoms with E-state index in [-0.39, 0.29) is 18.3 Å². The van der Waals surface area contributed by atoms with E-state index in [0.717, 1.165) is 34.5 Å². The number of hydrogen-bond donors (Lipinski definition) is 0. The molecular weight excluding hydrogens is 417 g/mol. The third-order valence-corrected chi connectivity index (χ3v) is 5.96. The van der Waals surface area contributed by atoms with Crippen molar-refractivity contribution in [2.75, 3.05) is 32.1 Å². The lowest BCUT2D eigenvalue weighted by molar-refractivity contribution is 0.0984. The second-order valence-corrected chi connectivity index (χ2v) is 8.36. The van der Waals surface area contributed by atoms with Crippen LogP contribution in [0.2, 0.25) is 5.02 Å². The molecule has 5 nitrogen and oxygen atoms in total. The van der Waals surface area contributed by atoms with Crippen LogP contribution in [-0.4, -0.2) is 43.0 Å². The van der Waals surface area contributed by atoms with Gasteiger partial charge in [-0.3, -0.25) is 9.69 Å². The normalized spacial score (nSPS) is 11.1. The van der Waals surface area contributed by atoms with E-state index in [1.54, 1.807) is 11.0 Å². The molecule has 2 heterocycles. The molecule has 3 aromatic rings. The van der Waals surface area contributed by atoms with Gasteiger partial charge in [0.2, 0.25) is 0 Å². The lowest BCUT2D eigenvalue weighted by Crippen LogP contribution is -2.33. The third-order valence-electron chi connectivity index (χ3n) is 4.42. The highest BCUT2D eigenvalue weighted by Crippen LogP contribution is 2.36. The van der Waals surface area contributed by atoms with E-state index in [0.29, 0.717) is 28.0 Å². The van der Waals surface area contributed by atoms with E-state index in [1.807, 2.05) is 47.0 Å². The van der Waals surface area contributed by atoms with Gasteiger partial charge in [-0.15, -0.1) is 12.4 Å². The number of aryl methyl sites for hydroxylation is 3. The number of benzene rings is 1. The third kappa shape index (κ3) is 4.69. The van der Waals surface area contributed by atoms with Crippen LogP contribution in [0.5, 0.6) is 0 Å². The Morgan fingerprint density at radius 1 is 1.21 bits per heavy atom. The number of carbonyl (C=O) groups is 1. The fourth-order valence-corrected chi connectivity index (χ4v) is 4.36. The van der Waals surface area contributed by atoms with E-state index >= 15 is 0 Å². The van der Waals surface area contributed by atoms with Crippen LogP contribution in [0.1, 0.15) is 33.9 Å². The fourth-order valence-electron chi connectivity index (χ4n) is 3.02. The van der Waals surface area contributed by atoms with Crippen molar-refractivity contribution in [3.63, 3.8) is 0 Å². The maximum Gasteiger partial charge on any atom is 0.263 e. The van der Waals surface area contributed by atoms with Crippen molar-refractivity contribution in [1.29, 1.82) is 0 Å². The average Bonchev–Trinajstić information content (AvgIpc) is 3.18. The van der Waals surface area contributed by atoms with E-state index in [2.05, 4.69) is 4.90 Å². The van der Waals surface area contributed by atoms with Crippen LogP contribution >= 0.6 is 35.3 Å². The zero-order chi connectivity index (χ0) is 19.7. The molecule has 0 saturated carbocycles. The molecule has 0 aliphatic carbocycles. The summed E-state index contributed by atoms with van der Waals surface area (Å²) in [6.45, 7) is 7.14. The number of nitrogens with zero attached hydrogens (tertiary/aromatic N) is 3. The SMILES string of the molecule is Cc1cc(C(=O)N(CCCN(C)C)c2nc3c(C)ccc(Cl)c3s2)c(C)o1.Cl. The van der Waals surface area contributed by atoms with Crippen molar-refractivity contribution in [1.82, 2.24) is 9.88 Å². The monoisotopic (exact) mass is 441 g/mol. The molecule has 28 heavy (non-hydrogen) atoms. The second-order valence-electron chi connectivity index (χ2n) is 6.98. The summed E-state index contributed by atoms with van der Waals surface area (Å²) in [5.74, 6) is 1.27. The van der Waals surface area contributed by atoms with Gasteiger partial charge in [0.15, 0.2) is 5.13 Å². The van der Waals surface area contributed by atoms with Gasteiger partial charge in [-0.1, -0.05) is 29.0 Å². The molecule has 0 bridgehead atoms. The lowest BCUT2D eigenvalue weighted by atomic mass is 10.2. The van der Waals surface area contributed by atoms with Gasteiger partial charge in [0.05, 0.1) is 20.8 Å². The van der Waals surface area contributed by atoms with Gasteiger partial charge in [-0.25, -0.2) is 4.98 Å². The molecule has 3 rings (SSSR count). The molecule has 0 fully saturated rings. The molecule has 0 aliphatic heterocycles. The predicted molar refractivity (Wildman–Crippen MR) is 120 cm³/mol. The minimum absolute atomic E-state index is 0.